The van der Waals surface area contributed by atoms with E-state index in [0.29, 0.717) is 5.56 Å². The molecule has 5 aromatic rings. The number of nitrogens with zero attached hydrogens (tertiary/aromatic N) is 2. The number of amides is 1. The molecule has 0 N–H and O–H groups in total. The maximum Gasteiger partial charge on any atom is 0.337 e. The molecule has 0 aliphatic rings. The third-order valence-corrected chi connectivity index (χ3v) is 11.8. The van der Waals surface area contributed by atoms with Crippen LogP contribution in [0.1, 0.15) is 15.9 Å². The SMILES string of the molecule is COC(=O)C(C(C(=O)OC)N(/N=C/c1ccccc1)C(=O)c1ccccc1)=P(c1ccccc1)(c1ccccc1)c1ccccc1. The monoisotopic (exact) mass is 628 g/mol. The molecule has 230 valence electrons. The van der Waals surface area contributed by atoms with E-state index in [9.17, 15) is 14.4 Å². The zero-order valence-electron chi connectivity index (χ0n) is 25.5. The second-order valence-electron chi connectivity index (χ2n) is 10.2. The summed E-state index contributed by atoms with van der Waals surface area (Å²) in [6, 6.07) is 44.6. The molecular formula is C38H33N2O5P. The molecule has 1 atom stereocenters. The lowest BCUT2D eigenvalue weighted by molar-refractivity contribution is -0.145. The molecule has 1 amide bonds. The Morgan fingerprint density at radius 3 is 1.43 bits per heavy atom. The van der Waals surface area contributed by atoms with E-state index >= 15 is 0 Å². The van der Waals surface area contributed by atoms with Crippen LogP contribution in [0.5, 0.6) is 0 Å². The van der Waals surface area contributed by atoms with E-state index in [-0.39, 0.29) is 10.9 Å². The summed E-state index contributed by atoms with van der Waals surface area (Å²) in [5.41, 5.74) is 0.959. The maximum absolute atomic E-state index is 14.4. The van der Waals surface area contributed by atoms with Gasteiger partial charge in [0.05, 0.1) is 25.7 Å². The number of hydrazone groups is 1. The van der Waals surface area contributed by atoms with Gasteiger partial charge in [0, 0.05) is 5.56 Å². The smallest absolute Gasteiger partial charge is 0.337 e. The molecule has 1 unspecified atom stereocenters. The van der Waals surface area contributed by atoms with E-state index < -0.39 is 30.8 Å². The normalized spacial score (nSPS) is 11.8. The summed E-state index contributed by atoms with van der Waals surface area (Å²) in [5, 5.41) is 8.04. The van der Waals surface area contributed by atoms with Gasteiger partial charge >= 0.3 is 11.9 Å². The van der Waals surface area contributed by atoms with Gasteiger partial charge in [0.15, 0.2) is 6.04 Å². The van der Waals surface area contributed by atoms with Crippen molar-refractivity contribution in [2.24, 2.45) is 5.10 Å². The van der Waals surface area contributed by atoms with Gasteiger partial charge in [0.1, 0.15) is 0 Å². The Labute approximate surface area is 268 Å². The average Bonchev–Trinajstić information content (AvgIpc) is 3.14. The first kappa shape index (κ1) is 31.9. The number of methoxy groups -OCH3 is 2. The number of hydrogen-bond donors (Lipinski definition) is 0. The standard InChI is InChI=1S/C38H33N2O5P/c1-44-37(42)34(40(36(41)30-20-10-4-11-21-30)39-28-29-18-8-3-9-19-29)35(38(43)45-2)46(31-22-12-5-13-23-31,32-24-14-6-15-25-32)33-26-16-7-17-27-33/h3-28,34H,1-2H3/b39-28+. The molecule has 0 spiro atoms. The lowest BCUT2D eigenvalue weighted by atomic mass is 10.1. The Hall–Kier alpha value is -5.52. The largest absolute Gasteiger partial charge is 0.467 e. The molecule has 0 aromatic heterocycles. The van der Waals surface area contributed by atoms with Gasteiger partial charge in [-0.3, -0.25) is 4.79 Å². The minimum absolute atomic E-state index is 0.0416. The minimum Gasteiger partial charge on any atom is -0.467 e. The Balaban J connectivity index is 1.98. The van der Waals surface area contributed by atoms with Crippen LogP contribution in [-0.4, -0.2) is 54.6 Å². The highest BCUT2D eigenvalue weighted by Gasteiger charge is 2.45. The summed E-state index contributed by atoms with van der Waals surface area (Å²) in [6.45, 7) is -3.27. The summed E-state index contributed by atoms with van der Waals surface area (Å²) in [6.07, 6.45) is 1.49. The van der Waals surface area contributed by atoms with E-state index in [1.54, 1.807) is 30.3 Å². The molecule has 5 rings (SSSR count). The number of carbonyl (C=O) groups is 3. The van der Waals surface area contributed by atoms with Crippen molar-refractivity contribution in [1.82, 2.24) is 5.01 Å². The molecule has 0 fully saturated rings. The van der Waals surface area contributed by atoms with Crippen LogP contribution in [0.2, 0.25) is 0 Å². The lowest BCUT2D eigenvalue weighted by Gasteiger charge is -2.36. The van der Waals surface area contributed by atoms with Gasteiger partial charge in [-0.15, -0.1) is 0 Å². The number of ether oxygens (including phenoxy) is 2. The van der Waals surface area contributed by atoms with Crippen LogP contribution in [0, 0.1) is 0 Å². The number of rotatable bonds is 10. The molecule has 0 bridgehead atoms. The van der Waals surface area contributed by atoms with Crippen molar-refractivity contribution in [2.45, 2.75) is 6.04 Å². The number of carbonyl (C=O) groups excluding carboxylic acids is 3. The van der Waals surface area contributed by atoms with E-state index in [0.717, 1.165) is 20.9 Å². The van der Waals surface area contributed by atoms with E-state index in [1.165, 1.54) is 20.4 Å². The van der Waals surface area contributed by atoms with Crippen molar-refractivity contribution in [3.63, 3.8) is 0 Å². The predicted molar refractivity (Wildman–Crippen MR) is 185 cm³/mol. The first-order valence-corrected chi connectivity index (χ1v) is 16.4. The zero-order chi connectivity index (χ0) is 32.4. The van der Waals surface area contributed by atoms with Gasteiger partial charge in [-0.1, -0.05) is 140 Å². The molecule has 0 radical (unpaired) electrons. The highest BCUT2D eigenvalue weighted by atomic mass is 31.2. The fraction of sp³-hybridized carbons (Fsp3) is 0.0789. The molecule has 46 heavy (non-hydrogen) atoms. The predicted octanol–water partition coefficient (Wildman–Crippen LogP) is 5.04. The van der Waals surface area contributed by atoms with Crippen LogP contribution in [0.15, 0.2) is 157 Å². The maximum atomic E-state index is 14.4. The fourth-order valence-corrected chi connectivity index (χ4v) is 9.95. The second kappa shape index (κ2) is 15.0. The molecule has 0 aliphatic heterocycles. The van der Waals surface area contributed by atoms with Gasteiger partial charge < -0.3 is 9.47 Å². The van der Waals surface area contributed by atoms with Crippen molar-refractivity contribution in [3.05, 3.63) is 163 Å². The van der Waals surface area contributed by atoms with E-state index in [2.05, 4.69) is 5.10 Å². The van der Waals surface area contributed by atoms with E-state index in [1.807, 2.05) is 121 Å². The lowest BCUT2D eigenvalue weighted by Crippen LogP contribution is -2.53. The Bertz CT molecular complexity index is 1760. The first-order valence-electron chi connectivity index (χ1n) is 14.6. The average molecular weight is 629 g/mol. The molecule has 0 saturated carbocycles. The molecule has 0 aliphatic carbocycles. The summed E-state index contributed by atoms with van der Waals surface area (Å²) in [4.78, 5) is 43.1. The topological polar surface area (TPSA) is 85.3 Å². The van der Waals surface area contributed by atoms with Gasteiger partial charge in [0.2, 0.25) is 0 Å². The Kier molecular flexibility index (Phi) is 10.4. The van der Waals surface area contributed by atoms with Crippen LogP contribution in [0.4, 0.5) is 0 Å². The molecule has 0 heterocycles. The van der Waals surface area contributed by atoms with Crippen LogP contribution in [-0.2, 0) is 19.1 Å². The zero-order valence-corrected chi connectivity index (χ0v) is 26.4. The summed E-state index contributed by atoms with van der Waals surface area (Å²) < 4.78 is 10.9. The fourth-order valence-electron chi connectivity index (χ4n) is 5.41. The highest BCUT2D eigenvalue weighted by molar-refractivity contribution is 7.96. The number of hydrogen-bond acceptors (Lipinski definition) is 6. The third kappa shape index (κ3) is 6.46. The highest BCUT2D eigenvalue weighted by Crippen LogP contribution is 2.48. The third-order valence-electron chi connectivity index (χ3n) is 7.47. The summed E-state index contributed by atoms with van der Waals surface area (Å²) in [7, 11) is 2.49. The van der Waals surface area contributed by atoms with Crippen LogP contribution in [0.3, 0.4) is 0 Å². The van der Waals surface area contributed by atoms with Crippen molar-refractivity contribution in [2.75, 3.05) is 14.2 Å². The van der Waals surface area contributed by atoms with Crippen LogP contribution >= 0.6 is 6.89 Å². The first-order chi connectivity index (χ1) is 22.5. The Morgan fingerprint density at radius 2 is 1.02 bits per heavy atom. The van der Waals surface area contributed by atoms with Crippen LogP contribution in [0.25, 0.3) is 0 Å². The van der Waals surface area contributed by atoms with Crippen molar-refractivity contribution >= 4 is 52.2 Å². The number of esters is 2. The molecule has 8 heteroatoms. The quantitative estimate of drug-likeness (QED) is 0.0937. The molecule has 5 aromatic carbocycles. The summed E-state index contributed by atoms with van der Waals surface area (Å²) in [5.74, 6) is -2.21. The van der Waals surface area contributed by atoms with Gasteiger partial charge in [0.25, 0.3) is 5.91 Å². The molecule has 0 saturated heterocycles. The molecule has 7 nitrogen and oxygen atoms in total. The van der Waals surface area contributed by atoms with Gasteiger partial charge in [-0.25, -0.2) is 14.6 Å². The van der Waals surface area contributed by atoms with Crippen molar-refractivity contribution in [3.8, 4) is 0 Å². The van der Waals surface area contributed by atoms with Gasteiger partial charge in [-0.2, -0.15) is 5.10 Å². The number of benzene rings is 5. The van der Waals surface area contributed by atoms with Crippen molar-refractivity contribution in [1.29, 1.82) is 0 Å². The second-order valence-corrected chi connectivity index (χ2v) is 13.5. The van der Waals surface area contributed by atoms with Gasteiger partial charge in [-0.05, 0) is 40.5 Å². The minimum atomic E-state index is -3.27. The van der Waals surface area contributed by atoms with Crippen LogP contribution < -0.4 is 15.9 Å². The molecular weight excluding hydrogens is 595 g/mol. The van der Waals surface area contributed by atoms with Crippen molar-refractivity contribution < 1.29 is 23.9 Å². The Morgan fingerprint density at radius 1 is 0.609 bits per heavy atom. The summed E-state index contributed by atoms with van der Waals surface area (Å²) >= 11 is 0. The van der Waals surface area contributed by atoms with E-state index in [4.69, 9.17) is 9.47 Å².